The maximum Gasteiger partial charge on any atom is 0.200 e. The summed E-state index contributed by atoms with van der Waals surface area (Å²) in [5, 5.41) is 0.531. The predicted octanol–water partition coefficient (Wildman–Crippen LogP) is 5.54. The van der Waals surface area contributed by atoms with E-state index >= 15 is 0 Å². The number of ether oxygens (including phenoxy) is 1. The molecular weight excluding hydrogens is 348 g/mol. The number of hydrogen-bond acceptors (Lipinski definition) is 5. The lowest BCUT2D eigenvalue weighted by molar-refractivity contribution is 0.198. The molecule has 1 aromatic heterocycles. The zero-order valence-electron chi connectivity index (χ0n) is 15.4. The van der Waals surface area contributed by atoms with Crippen molar-refractivity contribution in [3.05, 3.63) is 59.0 Å². The van der Waals surface area contributed by atoms with Gasteiger partial charge in [-0.25, -0.2) is 0 Å². The zero-order valence-corrected chi connectivity index (χ0v) is 16.2. The van der Waals surface area contributed by atoms with Crippen LogP contribution in [0.3, 0.4) is 0 Å². The molecule has 0 amide bonds. The number of rotatable bonds is 5. The minimum atomic E-state index is -0.0645. The molecule has 5 heteroatoms. The molecule has 4 nitrogen and oxygen atoms in total. The van der Waals surface area contributed by atoms with Crippen molar-refractivity contribution >= 4 is 23.0 Å². The normalized spacial score (nSPS) is 11.5. The Morgan fingerprint density at radius 2 is 1.73 bits per heavy atom. The molecule has 0 atom stereocenters. The summed E-state index contributed by atoms with van der Waals surface area (Å²) in [7, 11) is 0. The summed E-state index contributed by atoms with van der Waals surface area (Å²) >= 11 is 1.24. The SMILES string of the molecule is CSOc1ccc2c(=O)c(-c3ccc(OCC(C)(C)C)cc3)coc2c1. The van der Waals surface area contributed by atoms with Crippen molar-refractivity contribution in [2.75, 3.05) is 12.9 Å². The molecule has 2 aromatic carbocycles. The first-order valence-electron chi connectivity index (χ1n) is 8.37. The quantitative estimate of drug-likeness (QED) is 0.552. The highest BCUT2D eigenvalue weighted by molar-refractivity contribution is 7.94. The molecule has 0 aliphatic heterocycles. The Hall–Kier alpha value is -2.40. The van der Waals surface area contributed by atoms with Gasteiger partial charge in [0.1, 0.15) is 23.3 Å². The fraction of sp³-hybridized carbons (Fsp3) is 0.286. The van der Waals surface area contributed by atoms with Gasteiger partial charge in [-0.3, -0.25) is 4.79 Å². The Morgan fingerprint density at radius 3 is 2.38 bits per heavy atom. The minimum absolute atomic E-state index is 0.0645. The highest BCUT2D eigenvalue weighted by atomic mass is 32.2. The second-order valence-electron chi connectivity index (χ2n) is 7.26. The van der Waals surface area contributed by atoms with Crippen molar-refractivity contribution in [3.8, 4) is 22.6 Å². The minimum Gasteiger partial charge on any atom is -0.493 e. The van der Waals surface area contributed by atoms with E-state index in [0.29, 0.717) is 28.9 Å². The topological polar surface area (TPSA) is 48.7 Å². The second kappa shape index (κ2) is 7.46. The fourth-order valence-corrected chi connectivity index (χ4v) is 2.78. The standard InChI is InChI=1S/C21H22O4S/c1-21(2,3)13-24-15-7-5-14(6-8-15)18-12-23-19-11-16(25-26-4)9-10-17(19)20(18)22/h5-12H,13H2,1-4H3. The Balaban J connectivity index is 1.89. The molecule has 26 heavy (non-hydrogen) atoms. The molecule has 136 valence electrons. The number of fused-ring (bicyclic) bond motifs is 1. The maximum atomic E-state index is 12.8. The van der Waals surface area contributed by atoms with Crippen LogP contribution < -0.4 is 14.3 Å². The van der Waals surface area contributed by atoms with Crippen LogP contribution in [-0.2, 0) is 0 Å². The molecule has 1 heterocycles. The van der Waals surface area contributed by atoms with Crippen LogP contribution in [0.2, 0.25) is 0 Å². The fourth-order valence-electron chi connectivity index (χ4n) is 2.49. The summed E-state index contributed by atoms with van der Waals surface area (Å²) in [6.45, 7) is 7.00. The Morgan fingerprint density at radius 1 is 1.04 bits per heavy atom. The molecule has 0 radical (unpaired) electrons. The van der Waals surface area contributed by atoms with Crippen LogP contribution >= 0.6 is 12.0 Å². The van der Waals surface area contributed by atoms with Gasteiger partial charge in [0.2, 0.25) is 0 Å². The number of benzene rings is 2. The smallest absolute Gasteiger partial charge is 0.200 e. The Labute approximate surface area is 157 Å². The average molecular weight is 370 g/mol. The van der Waals surface area contributed by atoms with E-state index in [0.717, 1.165) is 11.3 Å². The van der Waals surface area contributed by atoms with Gasteiger partial charge in [-0.05, 0) is 35.2 Å². The van der Waals surface area contributed by atoms with E-state index in [4.69, 9.17) is 13.3 Å². The van der Waals surface area contributed by atoms with Crippen LogP contribution in [0.5, 0.6) is 11.5 Å². The van der Waals surface area contributed by atoms with Crippen molar-refractivity contribution in [2.45, 2.75) is 20.8 Å². The summed E-state index contributed by atoms with van der Waals surface area (Å²) in [6.07, 6.45) is 3.33. The van der Waals surface area contributed by atoms with E-state index < -0.39 is 0 Å². The monoisotopic (exact) mass is 370 g/mol. The van der Waals surface area contributed by atoms with Crippen LogP contribution in [0.25, 0.3) is 22.1 Å². The molecule has 0 saturated carbocycles. The molecule has 0 spiro atoms. The Bertz CT molecular complexity index is 952. The molecule has 0 fully saturated rings. The van der Waals surface area contributed by atoms with Gasteiger partial charge in [-0.2, -0.15) is 0 Å². The van der Waals surface area contributed by atoms with E-state index in [1.54, 1.807) is 18.2 Å². The van der Waals surface area contributed by atoms with Gasteiger partial charge in [-0.15, -0.1) is 0 Å². The predicted molar refractivity (Wildman–Crippen MR) is 107 cm³/mol. The molecule has 0 aliphatic rings. The van der Waals surface area contributed by atoms with Gasteiger partial charge in [0, 0.05) is 12.3 Å². The van der Waals surface area contributed by atoms with Gasteiger partial charge in [0.15, 0.2) is 5.43 Å². The maximum absolute atomic E-state index is 12.8. The second-order valence-corrected chi connectivity index (χ2v) is 7.76. The molecular formula is C21H22O4S. The van der Waals surface area contributed by atoms with E-state index in [-0.39, 0.29) is 10.8 Å². The highest BCUT2D eigenvalue weighted by Crippen LogP contribution is 2.26. The third kappa shape index (κ3) is 4.22. The molecule has 0 unspecified atom stereocenters. The van der Waals surface area contributed by atoms with E-state index in [1.807, 2.05) is 30.5 Å². The zero-order chi connectivity index (χ0) is 18.7. The Kier molecular flexibility index (Phi) is 5.28. The third-order valence-corrected chi connectivity index (χ3v) is 4.12. The average Bonchev–Trinajstić information content (AvgIpc) is 2.61. The van der Waals surface area contributed by atoms with Crippen molar-refractivity contribution in [2.24, 2.45) is 5.41 Å². The largest absolute Gasteiger partial charge is 0.493 e. The summed E-state index contributed by atoms with van der Waals surface area (Å²) < 4.78 is 16.8. The first kappa shape index (κ1) is 18.4. The van der Waals surface area contributed by atoms with Gasteiger partial charge < -0.3 is 13.3 Å². The van der Waals surface area contributed by atoms with Crippen LogP contribution in [0.15, 0.2) is 57.9 Å². The lowest BCUT2D eigenvalue weighted by Gasteiger charge is -2.18. The van der Waals surface area contributed by atoms with E-state index in [9.17, 15) is 4.79 Å². The molecule has 3 rings (SSSR count). The molecule has 3 aromatic rings. The molecule has 0 N–H and O–H groups in total. The first-order chi connectivity index (χ1) is 12.4. The number of hydrogen-bond donors (Lipinski definition) is 0. The molecule has 0 bridgehead atoms. The summed E-state index contributed by atoms with van der Waals surface area (Å²) in [6, 6.07) is 12.7. The summed E-state index contributed by atoms with van der Waals surface area (Å²) in [5.41, 5.74) is 1.86. The third-order valence-electron chi connectivity index (χ3n) is 3.76. The molecule has 0 aliphatic carbocycles. The lowest BCUT2D eigenvalue weighted by atomic mass is 9.99. The summed E-state index contributed by atoms with van der Waals surface area (Å²) in [4.78, 5) is 12.8. The first-order valence-corrected chi connectivity index (χ1v) is 9.52. The van der Waals surface area contributed by atoms with Crippen LogP contribution in [-0.4, -0.2) is 12.9 Å². The van der Waals surface area contributed by atoms with Gasteiger partial charge in [0.05, 0.1) is 29.6 Å². The lowest BCUT2D eigenvalue weighted by Crippen LogP contribution is -2.16. The van der Waals surface area contributed by atoms with Crippen molar-refractivity contribution < 1.29 is 13.3 Å². The van der Waals surface area contributed by atoms with Crippen molar-refractivity contribution in [3.63, 3.8) is 0 Å². The van der Waals surface area contributed by atoms with Gasteiger partial charge in [-0.1, -0.05) is 32.9 Å². The van der Waals surface area contributed by atoms with Gasteiger partial charge >= 0.3 is 0 Å². The van der Waals surface area contributed by atoms with E-state index in [2.05, 4.69) is 20.8 Å². The highest BCUT2D eigenvalue weighted by Gasteiger charge is 2.12. The van der Waals surface area contributed by atoms with Gasteiger partial charge in [0.25, 0.3) is 0 Å². The van der Waals surface area contributed by atoms with Crippen LogP contribution in [0.4, 0.5) is 0 Å². The van der Waals surface area contributed by atoms with Crippen LogP contribution in [0, 0.1) is 5.41 Å². The van der Waals surface area contributed by atoms with Crippen molar-refractivity contribution in [1.29, 1.82) is 0 Å². The van der Waals surface area contributed by atoms with Crippen molar-refractivity contribution in [1.82, 2.24) is 0 Å². The van der Waals surface area contributed by atoms with Crippen LogP contribution in [0.1, 0.15) is 20.8 Å². The van der Waals surface area contributed by atoms with E-state index in [1.165, 1.54) is 18.3 Å². The summed E-state index contributed by atoms with van der Waals surface area (Å²) in [5.74, 6) is 1.44. The molecule has 0 saturated heterocycles.